The van der Waals surface area contributed by atoms with Crippen LogP contribution in [0.3, 0.4) is 0 Å². The number of rotatable bonds is 6. The first-order chi connectivity index (χ1) is 16.6. The van der Waals surface area contributed by atoms with Crippen molar-refractivity contribution in [3.8, 4) is 22.8 Å². The summed E-state index contributed by atoms with van der Waals surface area (Å²) in [6.07, 6.45) is 5.71. The van der Waals surface area contributed by atoms with E-state index >= 15 is 0 Å². The van der Waals surface area contributed by atoms with Gasteiger partial charge in [0.15, 0.2) is 12.3 Å². The number of aromatic nitrogens is 3. The highest BCUT2D eigenvalue weighted by Gasteiger charge is 2.20. The smallest absolute Gasteiger partial charge is 0.258 e. The zero-order valence-corrected chi connectivity index (χ0v) is 19.8. The van der Waals surface area contributed by atoms with Gasteiger partial charge in [0.2, 0.25) is 5.88 Å². The molecule has 0 aliphatic heterocycles. The first kappa shape index (κ1) is 22.1. The Kier molecular flexibility index (Phi) is 6.30. The minimum Gasteiger partial charge on any atom is -0.468 e. The first-order valence-corrected chi connectivity index (χ1v) is 12.0. The molecular weight excluding hydrogens is 424 g/mol. The fraction of sp³-hybridized carbons (Fsp3) is 0.321. The van der Waals surface area contributed by atoms with Crippen molar-refractivity contribution in [2.24, 2.45) is 0 Å². The molecule has 1 amide bonds. The molecule has 1 N–H and O–H groups in total. The number of nitrogens with one attached hydrogen (secondary N) is 1. The van der Waals surface area contributed by atoms with Crippen LogP contribution in [-0.2, 0) is 4.79 Å². The molecule has 0 unspecified atom stereocenters. The van der Waals surface area contributed by atoms with Crippen LogP contribution in [0.4, 0.5) is 0 Å². The Morgan fingerprint density at radius 2 is 1.82 bits per heavy atom. The molecule has 0 atom stereocenters. The lowest BCUT2D eigenvalue weighted by atomic mass is 9.95. The third-order valence-corrected chi connectivity index (χ3v) is 6.43. The fourth-order valence-electron chi connectivity index (χ4n) is 4.74. The van der Waals surface area contributed by atoms with Crippen LogP contribution in [-0.4, -0.2) is 33.3 Å². The Balaban J connectivity index is 1.49. The number of amides is 1. The Morgan fingerprint density at radius 1 is 1.03 bits per heavy atom. The normalized spacial score (nSPS) is 14.3. The summed E-state index contributed by atoms with van der Waals surface area (Å²) in [7, 11) is 0. The van der Waals surface area contributed by atoms with Gasteiger partial charge in [-0.25, -0.2) is 4.68 Å². The highest BCUT2D eigenvalue weighted by Crippen LogP contribution is 2.33. The van der Waals surface area contributed by atoms with E-state index in [9.17, 15) is 4.79 Å². The van der Waals surface area contributed by atoms with Crippen molar-refractivity contribution in [3.05, 3.63) is 71.8 Å². The Bertz CT molecular complexity index is 1310. The number of para-hydroxylation sites is 1. The van der Waals surface area contributed by atoms with Crippen LogP contribution in [0.2, 0.25) is 0 Å². The molecule has 6 nitrogen and oxygen atoms in total. The molecule has 34 heavy (non-hydrogen) atoms. The fourth-order valence-corrected chi connectivity index (χ4v) is 4.74. The minimum absolute atomic E-state index is 0.0430. The molecule has 2 aromatic carbocycles. The van der Waals surface area contributed by atoms with Crippen molar-refractivity contribution in [1.29, 1.82) is 0 Å². The topological polar surface area (TPSA) is 69.0 Å². The van der Waals surface area contributed by atoms with Gasteiger partial charge in [0, 0.05) is 17.7 Å². The van der Waals surface area contributed by atoms with Crippen LogP contribution >= 0.6 is 0 Å². The molecule has 1 aliphatic rings. The molecule has 6 heteroatoms. The van der Waals surface area contributed by atoms with Crippen molar-refractivity contribution < 1.29 is 9.53 Å². The van der Waals surface area contributed by atoms with Crippen LogP contribution in [0.15, 0.2) is 60.7 Å². The van der Waals surface area contributed by atoms with E-state index in [1.165, 1.54) is 24.8 Å². The van der Waals surface area contributed by atoms with E-state index in [4.69, 9.17) is 14.8 Å². The summed E-state index contributed by atoms with van der Waals surface area (Å²) in [5, 5.41) is 9.04. The highest BCUT2D eigenvalue weighted by atomic mass is 16.5. The molecular formula is C28H30N4O2. The van der Waals surface area contributed by atoms with Gasteiger partial charge in [-0.15, -0.1) is 0 Å². The van der Waals surface area contributed by atoms with E-state index < -0.39 is 0 Å². The number of fused-ring (bicyclic) bond motifs is 1. The largest absolute Gasteiger partial charge is 0.468 e. The van der Waals surface area contributed by atoms with Gasteiger partial charge in [-0.05, 0) is 50.5 Å². The Morgan fingerprint density at radius 3 is 2.59 bits per heavy atom. The van der Waals surface area contributed by atoms with E-state index in [0.717, 1.165) is 40.7 Å². The van der Waals surface area contributed by atoms with Gasteiger partial charge < -0.3 is 10.1 Å². The highest BCUT2D eigenvalue weighted by molar-refractivity contribution is 5.95. The molecule has 174 valence electrons. The maximum absolute atomic E-state index is 12.5. The van der Waals surface area contributed by atoms with Gasteiger partial charge in [-0.2, -0.15) is 10.1 Å². The van der Waals surface area contributed by atoms with Crippen LogP contribution in [0.5, 0.6) is 5.88 Å². The first-order valence-electron chi connectivity index (χ1n) is 12.0. The zero-order valence-electron chi connectivity index (χ0n) is 19.8. The maximum Gasteiger partial charge on any atom is 0.258 e. The van der Waals surface area contributed by atoms with Gasteiger partial charge in [-0.3, -0.25) is 4.79 Å². The van der Waals surface area contributed by atoms with Gasteiger partial charge >= 0.3 is 0 Å². The number of aryl methyl sites for hydroxylation is 2. The number of hydrogen-bond acceptors (Lipinski definition) is 4. The number of carbonyl (C=O) groups excluding carboxylic acids is 1. The number of hydrogen-bond donors (Lipinski definition) is 1. The van der Waals surface area contributed by atoms with E-state index in [2.05, 4.69) is 30.4 Å². The quantitative estimate of drug-likeness (QED) is 0.416. The van der Waals surface area contributed by atoms with Crippen LogP contribution < -0.4 is 10.1 Å². The zero-order chi connectivity index (χ0) is 23.5. The summed E-state index contributed by atoms with van der Waals surface area (Å²) in [6, 6.07) is 20.5. The summed E-state index contributed by atoms with van der Waals surface area (Å²) in [5.41, 5.74) is 5.75. The number of benzene rings is 2. The molecule has 1 aliphatic carbocycles. The average Bonchev–Trinajstić information content (AvgIpc) is 3.24. The minimum atomic E-state index is -0.0940. The summed E-state index contributed by atoms with van der Waals surface area (Å²) in [6.45, 7) is 4.07. The molecule has 0 spiro atoms. The van der Waals surface area contributed by atoms with Crippen LogP contribution in [0.1, 0.15) is 43.2 Å². The van der Waals surface area contributed by atoms with Crippen molar-refractivity contribution in [1.82, 2.24) is 20.1 Å². The molecule has 0 bridgehead atoms. The van der Waals surface area contributed by atoms with Crippen molar-refractivity contribution in [3.63, 3.8) is 0 Å². The third kappa shape index (κ3) is 4.67. The molecule has 1 fully saturated rings. The van der Waals surface area contributed by atoms with Gasteiger partial charge in [0.25, 0.3) is 5.91 Å². The van der Waals surface area contributed by atoms with Crippen molar-refractivity contribution in [2.75, 3.05) is 6.61 Å². The molecule has 1 saturated carbocycles. The second-order valence-corrected chi connectivity index (χ2v) is 9.13. The standard InChI is InChI=1S/C28H30N4O2/c1-19-10-9-11-21(16-19)27-26-20(2)17-25(34-18-24(33)29-22-12-5-3-6-13-22)30-28(26)32(31-27)23-14-7-4-8-15-23/h4,7-11,14-17,22H,3,5-6,12-13,18H2,1-2H3,(H,29,33). The summed E-state index contributed by atoms with van der Waals surface area (Å²) in [5.74, 6) is 0.333. The van der Waals surface area contributed by atoms with E-state index in [1.54, 1.807) is 0 Å². The lowest BCUT2D eigenvalue weighted by Crippen LogP contribution is -2.39. The number of nitrogens with zero attached hydrogens (tertiary/aromatic N) is 3. The van der Waals surface area contributed by atoms with Crippen LogP contribution in [0, 0.1) is 13.8 Å². The molecule has 5 rings (SSSR count). The van der Waals surface area contributed by atoms with Crippen molar-refractivity contribution >= 4 is 16.9 Å². The van der Waals surface area contributed by atoms with Gasteiger partial charge in [0.1, 0.15) is 5.69 Å². The molecule has 4 aromatic rings. The average molecular weight is 455 g/mol. The molecule has 2 heterocycles. The van der Waals surface area contributed by atoms with E-state index in [1.807, 2.05) is 54.1 Å². The van der Waals surface area contributed by atoms with Crippen molar-refractivity contribution in [2.45, 2.75) is 52.0 Å². The van der Waals surface area contributed by atoms with E-state index in [-0.39, 0.29) is 18.6 Å². The van der Waals surface area contributed by atoms with Crippen LogP contribution in [0.25, 0.3) is 28.0 Å². The van der Waals surface area contributed by atoms with Gasteiger partial charge in [0.05, 0.1) is 11.1 Å². The molecule has 2 aromatic heterocycles. The lowest BCUT2D eigenvalue weighted by molar-refractivity contribution is -0.124. The number of pyridine rings is 1. The SMILES string of the molecule is Cc1cccc(-c2nn(-c3ccccc3)c3nc(OCC(=O)NC4CCCCC4)cc(C)c23)c1. The Labute approximate surface area is 200 Å². The summed E-state index contributed by atoms with van der Waals surface area (Å²) in [4.78, 5) is 17.3. The maximum atomic E-state index is 12.5. The predicted molar refractivity (Wildman–Crippen MR) is 134 cm³/mol. The number of ether oxygens (including phenoxy) is 1. The Hall–Kier alpha value is -3.67. The van der Waals surface area contributed by atoms with Gasteiger partial charge in [-0.1, -0.05) is 61.2 Å². The third-order valence-electron chi connectivity index (χ3n) is 6.43. The predicted octanol–water partition coefficient (Wildman–Crippen LogP) is 5.53. The monoisotopic (exact) mass is 454 g/mol. The van der Waals surface area contributed by atoms with E-state index in [0.29, 0.717) is 11.5 Å². The lowest BCUT2D eigenvalue weighted by Gasteiger charge is -2.22. The molecule has 0 saturated heterocycles. The second-order valence-electron chi connectivity index (χ2n) is 9.13. The second kappa shape index (κ2) is 9.67. The summed E-state index contributed by atoms with van der Waals surface area (Å²) < 4.78 is 7.72. The number of carbonyl (C=O) groups is 1. The summed E-state index contributed by atoms with van der Waals surface area (Å²) >= 11 is 0. The molecule has 0 radical (unpaired) electrons.